The van der Waals surface area contributed by atoms with E-state index in [2.05, 4.69) is 15.2 Å². The number of amides is 1. The quantitative estimate of drug-likeness (QED) is 0.710. The monoisotopic (exact) mass is 449 g/mol. The molecular formula is C22H22F3N3O4. The van der Waals surface area contributed by atoms with Crippen molar-refractivity contribution in [1.29, 1.82) is 0 Å². The molecule has 0 bridgehead atoms. The van der Waals surface area contributed by atoms with Crippen LogP contribution in [0.3, 0.4) is 0 Å². The van der Waals surface area contributed by atoms with Gasteiger partial charge < -0.3 is 14.4 Å². The third-order valence-corrected chi connectivity index (χ3v) is 5.40. The average molecular weight is 449 g/mol. The minimum atomic E-state index is -4.73. The van der Waals surface area contributed by atoms with Gasteiger partial charge in [0.05, 0.1) is 5.71 Å². The molecule has 170 valence electrons. The molecule has 10 heteroatoms. The number of hydroxylamine groups is 2. The highest BCUT2D eigenvalue weighted by molar-refractivity contribution is 6.01. The van der Waals surface area contributed by atoms with Gasteiger partial charge in [-0.3, -0.25) is 5.32 Å². The lowest BCUT2D eigenvalue weighted by Crippen LogP contribution is -2.45. The van der Waals surface area contributed by atoms with Gasteiger partial charge in [-0.1, -0.05) is 22.9 Å². The lowest BCUT2D eigenvalue weighted by atomic mass is 9.86. The Hall–Kier alpha value is -3.27. The topological polar surface area (TPSA) is 72.4 Å². The number of alkyl halides is 3. The lowest BCUT2D eigenvalue weighted by Gasteiger charge is -2.35. The molecule has 2 aliphatic rings. The fraction of sp³-hybridized carbons (Fsp3) is 0.364. The first-order chi connectivity index (χ1) is 15.2. The molecule has 1 amide bonds. The minimum absolute atomic E-state index is 0.287. The van der Waals surface area contributed by atoms with Crippen LogP contribution in [-0.2, 0) is 9.68 Å². The summed E-state index contributed by atoms with van der Waals surface area (Å²) in [5, 5.41) is 8.42. The molecular weight excluding hydrogens is 427 g/mol. The van der Waals surface area contributed by atoms with Crippen LogP contribution in [0, 0.1) is 6.92 Å². The first-order valence-corrected chi connectivity index (χ1v) is 10.1. The van der Waals surface area contributed by atoms with E-state index in [1.54, 1.807) is 17.2 Å². The van der Waals surface area contributed by atoms with Crippen LogP contribution in [0.2, 0.25) is 0 Å². The van der Waals surface area contributed by atoms with Crippen molar-refractivity contribution in [2.45, 2.75) is 38.1 Å². The molecule has 2 aromatic carbocycles. The summed E-state index contributed by atoms with van der Waals surface area (Å²) in [5.41, 5.74) is 2.57. The molecule has 32 heavy (non-hydrogen) atoms. The fourth-order valence-electron chi connectivity index (χ4n) is 3.67. The molecule has 0 aliphatic carbocycles. The highest BCUT2D eigenvalue weighted by Gasteiger charge is 2.43. The minimum Gasteiger partial charge on any atom is -0.406 e. The summed E-state index contributed by atoms with van der Waals surface area (Å²) in [4.78, 5) is 23.2. The van der Waals surface area contributed by atoms with Crippen LogP contribution in [0.5, 0.6) is 5.75 Å². The Morgan fingerprint density at radius 3 is 2.38 bits per heavy atom. The molecule has 1 fully saturated rings. The van der Waals surface area contributed by atoms with Crippen molar-refractivity contribution in [2.75, 3.05) is 18.4 Å². The van der Waals surface area contributed by atoms with Gasteiger partial charge in [-0.15, -0.1) is 18.2 Å². The average Bonchev–Trinajstić information content (AvgIpc) is 3.15. The van der Waals surface area contributed by atoms with E-state index in [1.165, 1.54) is 24.3 Å². The molecule has 1 N–H and O–H groups in total. The van der Waals surface area contributed by atoms with Crippen molar-refractivity contribution in [3.8, 4) is 5.75 Å². The first-order valence-electron chi connectivity index (χ1n) is 10.1. The number of oxime groups is 1. The number of rotatable bonds is 4. The second-order valence-corrected chi connectivity index (χ2v) is 7.86. The zero-order valence-electron chi connectivity index (χ0n) is 17.3. The SMILES string of the molecule is Cc1ccc(NC(=O)ON2CCC3(CC2)CC(c2ccc(OC(F)(F)F)cc2)=NO3)cc1. The van der Waals surface area contributed by atoms with Crippen molar-refractivity contribution in [2.24, 2.45) is 5.16 Å². The van der Waals surface area contributed by atoms with Gasteiger partial charge in [0, 0.05) is 38.0 Å². The van der Waals surface area contributed by atoms with Gasteiger partial charge in [-0.2, -0.15) is 0 Å². The van der Waals surface area contributed by atoms with E-state index in [0.717, 1.165) is 5.56 Å². The molecule has 4 rings (SSSR count). The molecule has 0 atom stereocenters. The van der Waals surface area contributed by atoms with Crippen LogP contribution in [0.25, 0.3) is 0 Å². The van der Waals surface area contributed by atoms with E-state index in [0.29, 0.717) is 49.3 Å². The third-order valence-electron chi connectivity index (χ3n) is 5.40. The Morgan fingerprint density at radius 2 is 1.75 bits per heavy atom. The van der Waals surface area contributed by atoms with Crippen molar-refractivity contribution in [3.05, 3.63) is 59.7 Å². The van der Waals surface area contributed by atoms with Gasteiger partial charge in [-0.05, 0) is 48.9 Å². The van der Waals surface area contributed by atoms with E-state index in [4.69, 9.17) is 9.68 Å². The van der Waals surface area contributed by atoms with E-state index in [9.17, 15) is 18.0 Å². The summed E-state index contributed by atoms with van der Waals surface area (Å²) < 4.78 is 40.8. The summed E-state index contributed by atoms with van der Waals surface area (Å²) in [6.07, 6.45) is -3.59. The molecule has 1 saturated heterocycles. The van der Waals surface area contributed by atoms with Crippen molar-refractivity contribution < 1.29 is 32.4 Å². The Labute approximate surface area is 182 Å². The molecule has 2 heterocycles. The van der Waals surface area contributed by atoms with Crippen LogP contribution in [0.4, 0.5) is 23.7 Å². The molecule has 2 aromatic rings. The predicted octanol–water partition coefficient (Wildman–Crippen LogP) is 5.02. The van der Waals surface area contributed by atoms with E-state index in [-0.39, 0.29) is 5.75 Å². The van der Waals surface area contributed by atoms with Gasteiger partial charge in [0.2, 0.25) is 0 Å². The Morgan fingerprint density at radius 1 is 1.09 bits per heavy atom. The maximum atomic E-state index is 12.3. The molecule has 0 radical (unpaired) electrons. The molecule has 0 aromatic heterocycles. The van der Waals surface area contributed by atoms with Crippen LogP contribution < -0.4 is 10.1 Å². The third kappa shape index (κ3) is 5.50. The number of carbonyl (C=O) groups is 1. The van der Waals surface area contributed by atoms with Gasteiger partial charge in [0.15, 0.2) is 0 Å². The number of carbonyl (C=O) groups excluding carboxylic acids is 1. The number of halogens is 3. The van der Waals surface area contributed by atoms with E-state index in [1.807, 2.05) is 19.1 Å². The largest absolute Gasteiger partial charge is 0.573 e. The van der Waals surface area contributed by atoms with Gasteiger partial charge >= 0.3 is 12.5 Å². The number of hydrogen-bond donors (Lipinski definition) is 1. The number of ether oxygens (including phenoxy) is 1. The maximum absolute atomic E-state index is 12.3. The Bertz CT molecular complexity index is 983. The Kier molecular flexibility index (Phi) is 5.96. The standard InChI is InChI=1S/C22H22F3N3O4/c1-15-2-6-17(7-3-15)26-20(29)31-28-12-10-21(11-13-28)14-19(27-32-21)16-4-8-18(9-5-16)30-22(23,24)25/h2-9H,10-14H2,1H3,(H,26,29). The molecule has 7 nitrogen and oxygen atoms in total. The van der Waals surface area contributed by atoms with Crippen LogP contribution >= 0.6 is 0 Å². The summed E-state index contributed by atoms with van der Waals surface area (Å²) >= 11 is 0. The van der Waals surface area contributed by atoms with Gasteiger partial charge in [0.25, 0.3) is 0 Å². The zero-order chi connectivity index (χ0) is 22.8. The first kappa shape index (κ1) is 21.9. The van der Waals surface area contributed by atoms with Crippen molar-refractivity contribution in [1.82, 2.24) is 5.06 Å². The summed E-state index contributed by atoms with van der Waals surface area (Å²) in [6.45, 7) is 2.91. The second kappa shape index (κ2) is 8.70. The van der Waals surface area contributed by atoms with Crippen molar-refractivity contribution in [3.63, 3.8) is 0 Å². The van der Waals surface area contributed by atoms with Crippen molar-refractivity contribution >= 4 is 17.5 Å². The Balaban J connectivity index is 1.26. The molecule has 0 saturated carbocycles. The van der Waals surface area contributed by atoms with E-state index >= 15 is 0 Å². The zero-order valence-corrected chi connectivity index (χ0v) is 17.3. The molecule has 1 spiro atoms. The van der Waals surface area contributed by atoms with Crippen LogP contribution in [0.15, 0.2) is 53.7 Å². The lowest BCUT2D eigenvalue weighted by molar-refractivity contribution is -0.274. The number of aryl methyl sites for hydroxylation is 1. The normalized spacial score (nSPS) is 18.1. The summed E-state index contributed by atoms with van der Waals surface area (Å²) in [5.74, 6) is -0.287. The maximum Gasteiger partial charge on any atom is 0.573 e. The number of piperidine rings is 1. The van der Waals surface area contributed by atoms with Crippen LogP contribution in [0.1, 0.15) is 30.4 Å². The molecule has 0 unspecified atom stereocenters. The number of anilines is 1. The highest BCUT2D eigenvalue weighted by atomic mass is 19.4. The molecule has 2 aliphatic heterocycles. The van der Waals surface area contributed by atoms with Crippen LogP contribution in [-0.4, -0.2) is 41.9 Å². The number of hydrogen-bond acceptors (Lipinski definition) is 6. The van der Waals surface area contributed by atoms with Gasteiger partial charge in [-0.25, -0.2) is 4.79 Å². The number of nitrogens with one attached hydrogen (secondary N) is 1. The fourth-order valence-corrected chi connectivity index (χ4v) is 3.67. The highest BCUT2D eigenvalue weighted by Crippen LogP contribution is 2.36. The number of benzene rings is 2. The number of nitrogens with zero attached hydrogens (tertiary/aromatic N) is 2. The smallest absolute Gasteiger partial charge is 0.406 e. The van der Waals surface area contributed by atoms with E-state index < -0.39 is 18.1 Å². The second-order valence-electron chi connectivity index (χ2n) is 7.86. The summed E-state index contributed by atoms with van der Waals surface area (Å²) in [7, 11) is 0. The van der Waals surface area contributed by atoms with Gasteiger partial charge in [0.1, 0.15) is 11.4 Å². The predicted molar refractivity (Wildman–Crippen MR) is 110 cm³/mol. The summed E-state index contributed by atoms with van der Waals surface area (Å²) in [6, 6.07) is 12.9.